The summed E-state index contributed by atoms with van der Waals surface area (Å²) < 4.78 is 15.8. The first-order chi connectivity index (χ1) is 12.5. The van der Waals surface area contributed by atoms with Gasteiger partial charge in [-0.2, -0.15) is 10.2 Å². The highest BCUT2D eigenvalue weighted by Gasteiger charge is 2.16. The summed E-state index contributed by atoms with van der Waals surface area (Å²) in [6.07, 6.45) is 0. The van der Waals surface area contributed by atoms with Gasteiger partial charge >= 0.3 is 5.97 Å². The van der Waals surface area contributed by atoms with Crippen LogP contribution in [0.25, 0.3) is 11.3 Å². The van der Waals surface area contributed by atoms with E-state index in [1.165, 1.54) is 0 Å². The van der Waals surface area contributed by atoms with Gasteiger partial charge in [-0.3, -0.25) is 0 Å². The topological polar surface area (TPSA) is 146 Å². The Kier molecular flexibility index (Phi) is 6.16. The normalized spacial score (nSPS) is 10.0. The second-order valence-corrected chi connectivity index (χ2v) is 4.99. The van der Waals surface area contributed by atoms with Crippen LogP contribution in [-0.2, 0) is 9.53 Å². The third-order valence-electron chi connectivity index (χ3n) is 3.23. The summed E-state index contributed by atoms with van der Waals surface area (Å²) in [4.78, 5) is 19.3. The molecule has 0 unspecified atom stereocenters. The van der Waals surface area contributed by atoms with Crippen LogP contribution >= 0.6 is 0 Å². The number of nitrogen functional groups attached to an aromatic ring is 2. The van der Waals surface area contributed by atoms with E-state index in [4.69, 9.17) is 25.7 Å². The van der Waals surface area contributed by atoms with Crippen molar-refractivity contribution in [3.8, 4) is 28.8 Å². The van der Waals surface area contributed by atoms with Gasteiger partial charge < -0.3 is 25.7 Å². The number of esters is 1. The van der Waals surface area contributed by atoms with Crippen LogP contribution in [0.1, 0.15) is 19.4 Å². The maximum absolute atomic E-state index is 11.5. The molecule has 0 fully saturated rings. The van der Waals surface area contributed by atoms with Crippen LogP contribution in [0.2, 0.25) is 0 Å². The second kappa shape index (κ2) is 8.53. The lowest BCUT2D eigenvalue weighted by atomic mass is 10.1. The molecule has 9 heteroatoms. The van der Waals surface area contributed by atoms with Crippen molar-refractivity contribution in [2.75, 3.05) is 31.3 Å². The molecule has 0 bridgehead atoms. The van der Waals surface area contributed by atoms with E-state index in [1.54, 1.807) is 25.1 Å². The number of rotatable bonds is 7. The molecule has 0 aliphatic rings. The molecule has 2 rings (SSSR count). The van der Waals surface area contributed by atoms with Crippen LogP contribution in [0, 0.1) is 11.3 Å². The van der Waals surface area contributed by atoms with Crippen molar-refractivity contribution in [2.45, 2.75) is 13.8 Å². The van der Waals surface area contributed by atoms with E-state index in [9.17, 15) is 10.1 Å². The Balaban J connectivity index is 2.40. The first-order valence-electron chi connectivity index (χ1n) is 7.88. The Morgan fingerprint density at radius 2 is 1.92 bits per heavy atom. The SMILES string of the molecule is CCOC(=O)COc1ccc(-c2nc(N)nc(N)c2C#N)cc1OCC. The summed E-state index contributed by atoms with van der Waals surface area (Å²) in [5, 5.41) is 9.32. The third-order valence-corrected chi connectivity index (χ3v) is 3.23. The van der Waals surface area contributed by atoms with E-state index in [-0.39, 0.29) is 36.2 Å². The molecule has 4 N–H and O–H groups in total. The summed E-state index contributed by atoms with van der Waals surface area (Å²) in [7, 11) is 0. The van der Waals surface area contributed by atoms with E-state index >= 15 is 0 Å². The molecule has 9 nitrogen and oxygen atoms in total. The van der Waals surface area contributed by atoms with E-state index in [1.807, 2.05) is 13.0 Å². The molecule has 0 saturated heterocycles. The smallest absolute Gasteiger partial charge is 0.344 e. The number of hydrogen-bond donors (Lipinski definition) is 2. The van der Waals surface area contributed by atoms with Crippen LogP contribution in [0.4, 0.5) is 11.8 Å². The number of nitriles is 1. The minimum absolute atomic E-state index is 0.00408. The fraction of sp³-hybridized carbons (Fsp3) is 0.294. The summed E-state index contributed by atoms with van der Waals surface area (Å²) in [6, 6.07) is 6.87. The van der Waals surface area contributed by atoms with Gasteiger partial charge in [-0.1, -0.05) is 0 Å². The molecule has 0 amide bonds. The van der Waals surface area contributed by atoms with Crippen LogP contribution < -0.4 is 20.9 Å². The van der Waals surface area contributed by atoms with E-state index < -0.39 is 5.97 Å². The highest BCUT2D eigenvalue weighted by atomic mass is 16.6. The first kappa shape index (κ1) is 18.8. The average molecular weight is 357 g/mol. The number of hydrogen-bond acceptors (Lipinski definition) is 9. The maximum atomic E-state index is 11.5. The Labute approximate surface area is 150 Å². The van der Waals surface area contributed by atoms with Gasteiger partial charge in [-0.05, 0) is 32.0 Å². The number of carbonyl (C=O) groups is 1. The number of nitrogens with zero attached hydrogens (tertiary/aromatic N) is 3. The standard InChI is InChI=1S/C17H19N5O4/c1-3-24-13-7-10(5-6-12(13)26-9-14(23)25-4-2)15-11(8-18)16(19)22-17(20)21-15/h5-7H,3-4,9H2,1-2H3,(H4,19,20,21,22). The van der Waals surface area contributed by atoms with Crippen LogP contribution in [-0.4, -0.2) is 35.8 Å². The molecule has 0 aliphatic carbocycles. The molecule has 1 aromatic carbocycles. The first-order valence-corrected chi connectivity index (χ1v) is 7.88. The molecule has 0 spiro atoms. The summed E-state index contributed by atoms with van der Waals surface area (Å²) in [6.45, 7) is 3.92. The van der Waals surface area contributed by atoms with Crippen LogP contribution in [0.15, 0.2) is 18.2 Å². The van der Waals surface area contributed by atoms with Crippen molar-refractivity contribution in [3.63, 3.8) is 0 Å². The lowest BCUT2D eigenvalue weighted by Crippen LogP contribution is -2.15. The number of carbonyl (C=O) groups excluding carboxylic acids is 1. The average Bonchev–Trinajstić information content (AvgIpc) is 2.60. The highest BCUT2D eigenvalue weighted by Crippen LogP contribution is 2.34. The lowest BCUT2D eigenvalue weighted by Gasteiger charge is -2.14. The van der Waals surface area contributed by atoms with Crippen molar-refractivity contribution in [2.24, 2.45) is 0 Å². The van der Waals surface area contributed by atoms with Gasteiger partial charge in [0, 0.05) is 5.56 Å². The fourth-order valence-electron chi connectivity index (χ4n) is 2.20. The molecule has 1 heterocycles. The quantitative estimate of drug-likeness (QED) is 0.704. The van der Waals surface area contributed by atoms with Crippen molar-refractivity contribution >= 4 is 17.7 Å². The Bertz CT molecular complexity index is 848. The van der Waals surface area contributed by atoms with Crippen LogP contribution in [0.3, 0.4) is 0 Å². The molecule has 0 atom stereocenters. The molecule has 136 valence electrons. The molecule has 26 heavy (non-hydrogen) atoms. The predicted molar refractivity (Wildman–Crippen MR) is 94.3 cm³/mol. The number of benzene rings is 1. The maximum Gasteiger partial charge on any atom is 0.344 e. The van der Waals surface area contributed by atoms with Gasteiger partial charge in [0.05, 0.1) is 18.9 Å². The van der Waals surface area contributed by atoms with Crippen molar-refractivity contribution in [1.82, 2.24) is 9.97 Å². The Hall–Kier alpha value is -3.54. The van der Waals surface area contributed by atoms with E-state index in [2.05, 4.69) is 9.97 Å². The van der Waals surface area contributed by atoms with Crippen molar-refractivity contribution in [3.05, 3.63) is 23.8 Å². The van der Waals surface area contributed by atoms with Crippen molar-refractivity contribution in [1.29, 1.82) is 5.26 Å². The summed E-state index contributed by atoms with van der Waals surface area (Å²) in [5.74, 6) is 0.209. The van der Waals surface area contributed by atoms with Gasteiger partial charge in [0.15, 0.2) is 18.1 Å². The minimum Gasteiger partial charge on any atom is -0.490 e. The van der Waals surface area contributed by atoms with Crippen molar-refractivity contribution < 1.29 is 19.0 Å². The molecule has 0 saturated carbocycles. The van der Waals surface area contributed by atoms with E-state index in [0.29, 0.717) is 23.7 Å². The molecular weight excluding hydrogens is 338 g/mol. The zero-order chi connectivity index (χ0) is 19.1. The molecule has 1 aromatic heterocycles. The zero-order valence-electron chi connectivity index (χ0n) is 14.5. The number of nitrogens with two attached hydrogens (primary N) is 2. The highest BCUT2D eigenvalue weighted by molar-refractivity contribution is 5.75. The number of aromatic nitrogens is 2. The summed E-state index contributed by atoms with van der Waals surface area (Å²) >= 11 is 0. The fourth-order valence-corrected chi connectivity index (χ4v) is 2.20. The molecule has 0 aliphatic heterocycles. The number of ether oxygens (including phenoxy) is 3. The largest absolute Gasteiger partial charge is 0.490 e. The summed E-state index contributed by atoms with van der Waals surface area (Å²) in [5.41, 5.74) is 12.3. The zero-order valence-corrected chi connectivity index (χ0v) is 14.5. The molecular formula is C17H19N5O4. The second-order valence-electron chi connectivity index (χ2n) is 4.99. The van der Waals surface area contributed by atoms with Gasteiger partial charge in [0.1, 0.15) is 17.5 Å². The number of anilines is 2. The van der Waals surface area contributed by atoms with E-state index in [0.717, 1.165) is 0 Å². The Morgan fingerprint density at radius 3 is 2.58 bits per heavy atom. The van der Waals surface area contributed by atoms with Gasteiger partial charge in [-0.25, -0.2) is 9.78 Å². The molecule has 0 radical (unpaired) electrons. The predicted octanol–water partition coefficient (Wildman–Crippen LogP) is 1.52. The van der Waals surface area contributed by atoms with Crippen LogP contribution in [0.5, 0.6) is 11.5 Å². The van der Waals surface area contributed by atoms with Gasteiger partial charge in [-0.15, -0.1) is 0 Å². The third kappa shape index (κ3) is 4.30. The Morgan fingerprint density at radius 1 is 1.15 bits per heavy atom. The monoisotopic (exact) mass is 357 g/mol. The minimum atomic E-state index is -0.484. The molecule has 2 aromatic rings. The van der Waals surface area contributed by atoms with Gasteiger partial charge in [0.2, 0.25) is 5.95 Å². The van der Waals surface area contributed by atoms with Gasteiger partial charge in [0.25, 0.3) is 0 Å². The lowest BCUT2D eigenvalue weighted by molar-refractivity contribution is -0.145.